The van der Waals surface area contributed by atoms with Gasteiger partial charge in [-0.3, -0.25) is 0 Å². The first-order valence-electron chi connectivity index (χ1n) is 5.70. The van der Waals surface area contributed by atoms with Gasteiger partial charge in [0.15, 0.2) is 0 Å². The highest BCUT2D eigenvalue weighted by Gasteiger charge is 2.02. The van der Waals surface area contributed by atoms with Crippen LogP contribution in [0.15, 0.2) is 41.7 Å². The lowest BCUT2D eigenvalue weighted by molar-refractivity contribution is 0.474. The maximum absolute atomic E-state index is 9.38. The Balaban J connectivity index is 1.99. The Morgan fingerprint density at radius 2 is 2.29 bits per heavy atom. The van der Waals surface area contributed by atoms with Crippen LogP contribution in [0.5, 0.6) is 5.75 Å². The van der Waals surface area contributed by atoms with E-state index in [0.717, 1.165) is 23.6 Å². The van der Waals surface area contributed by atoms with E-state index in [-0.39, 0.29) is 0 Å². The quantitative estimate of drug-likeness (QED) is 0.825. The number of aromatic nitrogens is 2. The molecule has 0 amide bonds. The van der Waals surface area contributed by atoms with Crippen molar-refractivity contribution in [3.63, 3.8) is 0 Å². The van der Waals surface area contributed by atoms with Gasteiger partial charge in [-0.15, -0.1) is 11.8 Å². The minimum absolute atomic E-state index is 0.317. The first kappa shape index (κ1) is 12.0. The van der Waals surface area contributed by atoms with Gasteiger partial charge in [-0.05, 0) is 24.6 Å². The molecule has 0 saturated carbocycles. The van der Waals surface area contributed by atoms with Crippen LogP contribution in [0, 0.1) is 0 Å². The highest BCUT2D eigenvalue weighted by atomic mass is 32.2. The molecule has 0 aliphatic rings. The molecule has 0 aliphatic heterocycles. The lowest BCUT2D eigenvalue weighted by atomic mass is 10.3. The Labute approximate surface area is 106 Å². The van der Waals surface area contributed by atoms with Gasteiger partial charge in [0.2, 0.25) is 0 Å². The molecule has 0 bridgehead atoms. The van der Waals surface area contributed by atoms with E-state index in [1.165, 1.54) is 5.69 Å². The van der Waals surface area contributed by atoms with Crippen LogP contribution in [0.1, 0.15) is 19.0 Å². The molecule has 0 unspecified atom stereocenters. The highest BCUT2D eigenvalue weighted by molar-refractivity contribution is 7.98. The molecule has 4 heteroatoms. The molecule has 2 aromatic rings. The van der Waals surface area contributed by atoms with Crippen molar-refractivity contribution in [3.8, 4) is 5.75 Å². The smallest absolute Gasteiger partial charge is 0.116 e. The van der Waals surface area contributed by atoms with E-state index < -0.39 is 0 Å². The van der Waals surface area contributed by atoms with Gasteiger partial charge in [-0.25, -0.2) is 4.98 Å². The summed E-state index contributed by atoms with van der Waals surface area (Å²) in [6.07, 6.45) is 4.90. The Morgan fingerprint density at radius 1 is 1.41 bits per heavy atom. The Bertz CT molecular complexity index is 482. The van der Waals surface area contributed by atoms with E-state index in [1.807, 2.05) is 24.7 Å². The number of aryl methyl sites for hydroxylation is 1. The molecule has 2 rings (SSSR count). The fourth-order valence-electron chi connectivity index (χ4n) is 1.64. The first-order valence-corrected chi connectivity index (χ1v) is 6.69. The van der Waals surface area contributed by atoms with Crippen molar-refractivity contribution in [2.45, 2.75) is 30.5 Å². The normalized spacial score (nSPS) is 10.6. The number of imidazole rings is 1. The van der Waals surface area contributed by atoms with Gasteiger partial charge in [-0.2, -0.15) is 0 Å². The number of hydrogen-bond acceptors (Lipinski definition) is 3. The second kappa shape index (κ2) is 5.77. The van der Waals surface area contributed by atoms with Crippen molar-refractivity contribution < 1.29 is 5.11 Å². The van der Waals surface area contributed by atoms with Crippen LogP contribution in [0.4, 0.5) is 0 Å². The van der Waals surface area contributed by atoms with Crippen LogP contribution < -0.4 is 0 Å². The molecule has 90 valence electrons. The van der Waals surface area contributed by atoms with Crippen LogP contribution in [-0.2, 0) is 12.3 Å². The molecule has 0 saturated heterocycles. The summed E-state index contributed by atoms with van der Waals surface area (Å²) in [5.41, 5.74) is 1.22. The van der Waals surface area contributed by atoms with Gasteiger partial charge in [0.1, 0.15) is 5.75 Å². The summed E-state index contributed by atoms with van der Waals surface area (Å²) in [6.45, 7) is 3.17. The zero-order chi connectivity index (χ0) is 12.1. The summed E-state index contributed by atoms with van der Waals surface area (Å²) in [7, 11) is 0. The number of rotatable bonds is 5. The lowest BCUT2D eigenvalue weighted by Gasteiger charge is -2.06. The summed E-state index contributed by atoms with van der Waals surface area (Å²) in [4.78, 5) is 5.25. The average molecular weight is 248 g/mol. The summed E-state index contributed by atoms with van der Waals surface area (Å²) >= 11 is 1.71. The van der Waals surface area contributed by atoms with Crippen LogP contribution >= 0.6 is 11.8 Å². The third kappa shape index (κ3) is 3.27. The largest absolute Gasteiger partial charge is 0.508 e. The number of nitrogens with zero attached hydrogens (tertiary/aromatic N) is 2. The van der Waals surface area contributed by atoms with Crippen molar-refractivity contribution in [1.29, 1.82) is 0 Å². The maximum atomic E-state index is 9.38. The standard InChI is InChI=1S/C13H16N2OS/c1-2-6-15-10-14-8-11(15)9-17-13-5-3-4-12(16)7-13/h3-5,7-8,10,16H,2,6,9H2,1H3. The van der Waals surface area contributed by atoms with E-state index in [1.54, 1.807) is 23.9 Å². The number of thioether (sulfide) groups is 1. The Hall–Kier alpha value is -1.42. The molecule has 0 atom stereocenters. The van der Waals surface area contributed by atoms with Crippen molar-refractivity contribution in [3.05, 3.63) is 42.5 Å². The van der Waals surface area contributed by atoms with E-state index in [2.05, 4.69) is 16.5 Å². The van der Waals surface area contributed by atoms with E-state index in [9.17, 15) is 5.11 Å². The number of benzene rings is 1. The molecule has 1 N–H and O–H groups in total. The van der Waals surface area contributed by atoms with Crippen LogP contribution in [-0.4, -0.2) is 14.7 Å². The minimum atomic E-state index is 0.317. The fourth-order valence-corrected chi connectivity index (χ4v) is 2.57. The molecule has 0 fully saturated rings. The van der Waals surface area contributed by atoms with Gasteiger partial charge in [-0.1, -0.05) is 13.0 Å². The Morgan fingerprint density at radius 3 is 3.06 bits per heavy atom. The minimum Gasteiger partial charge on any atom is -0.508 e. The number of aromatic hydroxyl groups is 1. The van der Waals surface area contributed by atoms with Gasteiger partial charge in [0.25, 0.3) is 0 Å². The molecule has 0 spiro atoms. The van der Waals surface area contributed by atoms with Crippen molar-refractivity contribution >= 4 is 11.8 Å². The van der Waals surface area contributed by atoms with Gasteiger partial charge >= 0.3 is 0 Å². The predicted molar refractivity (Wildman–Crippen MR) is 70.2 cm³/mol. The molecule has 17 heavy (non-hydrogen) atoms. The zero-order valence-electron chi connectivity index (χ0n) is 9.84. The molecule has 3 nitrogen and oxygen atoms in total. The Kier molecular flexibility index (Phi) is 4.09. The molecule has 1 aromatic carbocycles. The summed E-state index contributed by atoms with van der Waals surface area (Å²) in [5.74, 6) is 1.20. The molecular weight excluding hydrogens is 232 g/mol. The summed E-state index contributed by atoms with van der Waals surface area (Å²) in [5, 5.41) is 9.38. The van der Waals surface area contributed by atoms with Crippen molar-refractivity contribution in [1.82, 2.24) is 9.55 Å². The number of phenols is 1. The van der Waals surface area contributed by atoms with Gasteiger partial charge in [0, 0.05) is 29.1 Å². The summed E-state index contributed by atoms with van der Waals surface area (Å²) < 4.78 is 2.18. The molecule has 1 heterocycles. The van der Waals surface area contributed by atoms with Gasteiger partial charge < -0.3 is 9.67 Å². The average Bonchev–Trinajstić information content (AvgIpc) is 2.75. The third-order valence-corrected chi connectivity index (χ3v) is 3.49. The lowest BCUT2D eigenvalue weighted by Crippen LogP contribution is -1.99. The van der Waals surface area contributed by atoms with E-state index in [4.69, 9.17) is 0 Å². The molecule has 0 radical (unpaired) electrons. The molecular formula is C13H16N2OS. The first-order chi connectivity index (χ1) is 8.29. The van der Waals surface area contributed by atoms with E-state index in [0.29, 0.717) is 5.75 Å². The predicted octanol–water partition coefficient (Wildman–Crippen LogP) is 3.29. The molecule has 0 aliphatic carbocycles. The second-order valence-electron chi connectivity index (χ2n) is 3.86. The summed E-state index contributed by atoms with van der Waals surface area (Å²) in [6, 6.07) is 7.34. The topological polar surface area (TPSA) is 38.0 Å². The second-order valence-corrected chi connectivity index (χ2v) is 4.91. The highest BCUT2D eigenvalue weighted by Crippen LogP contribution is 2.25. The van der Waals surface area contributed by atoms with Crippen molar-refractivity contribution in [2.24, 2.45) is 0 Å². The maximum Gasteiger partial charge on any atom is 0.116 e. The van der Waals surface area contributed by atoms with Crippen LogP contribution in [0.25, 0.3) is 0 Å². The SMILES string of the molecule is CCCn1cncc1CSc1cccc(O)c1. The molecule has 1 aromatic heterocycles. The monoisotopic (exact) mass is 248 g/mol. The van der Waals surface area contributed by atoms with Crippen LogP contribution in [0.3, 0.4) is 0 Å². The van der Waals surface area contributed by atoms with Gasteiger partial charge in [0.05, 0.1) is 6.33 Å². The third-order valence-electron chi connectivity index (χ3n) is 2.47. The van der Waals surface area contributed by atoms with Crippen LogP contribution in [0.2, 0.25) is 0 Å². The number of hydrogen-bond donors (Lipinski definition) is 1. The number of phenolic OH excluding ortho intramolecular Hbond substituents is 1. The van der Waals surface area contributed by atoms with E-state index >= 15 is 0 Å². The zero-order valence-corrected chi connectivity index (χ0v) is 10.7. The fraction of sp³-hybridized carbons (Fsp3) is 0.308. The van der Waals surface area contributed by atoms with Crippen molar-refractivity contribution in [2.75, 3.05) is 0 Å².